The van der Waals surface area contributed by atoms with E-state index in [1.807, 2.05) is 114 Å². The Bertz CT molecular complexity index is 1810. The van der Waals surface area contributed by atoms with Gasteiger partial charge in [0.05, 0.1) is 42.7 Å². The molecule has 2 aromatic carbocycles. The molecule has 14 heteroatoms. The van der Waals surface area contributed by atoms with Gasteiger partial charge in [0.15, 0.2) is 0 Å². The molecule has 4 rings (SSSR count). The van der Waals surface area contributed by atoms with Crippen molar-refractivity contribution in [3.63, 3.8) is 0 Å². The van der Waals surface area contributed by atoms with Crippen LogP contribution in [0.2, 0.25) is 0 Å². The normalized spacial score (nSPS) is 18.3. The number of carbonyl (C=O) groups is 4. The lowest BCUT2D eigenvalue weighted by Gasteiger charge is -2.41. The lowest BCUT2D eigenvalue weighted by atomic mass is 9.89. The summed E-state index contributed by atoms with van der Waals surface area (Å²) in [6.45, 7) is 14.1. The number of aromatic nitrogens is 2. The highest BCUT2D eigenvalue weighted by atomic mass is 16.5. The van der Waals surface area contributed by atoms with Gasteiger partial charge in [-0.15, -0.1) is 10.2 Å². The monoisotopic (exact) mass is 832 g/mol. The van der Waals surface area contributed by atoms with Crippen molar-refractivity contribution in [1.82, 2.24) is 35.9 Å². The number of methoxy groups -OCH3 is 2. The molecule has 9 atom stereocenters. The minimum atomic E-state index is -0.770. The second-order valence-electron chi connectivity index (χ2n) is 16.9. The van der Waals surface area contributed by atoms with Gasteiger partial charge in [-0.2, -0.15) is 0 Å². The first-order valence-electron chi connectivity index (χ1n) is 21.5. The van der Waals surface area contributed by atoms with E-state index in [1.54, 1.807) is 33.2 Å². The van der Waals surface area contributed by atoms with Crippen LogP contribution in [-0.4, -0.2) is 115 Å². The summed E-state index contributed by atoms with van der Waals surface area (Å²) in [5.74, 6) is -1.08. The number of nitrogens with one attached hydrogen (secondary N) is 3. The number of hydrogen-bond donors (Lipinski definition) is 3. The van der Waals surface area contributed by atoms with E-state index < -0.39 is 42.3 Å². The Balaban J connectivity index is 1.52. The molecule has 0 aliphatic carbocycles. The van der Waals surface area contributed by atoms with Gasteiger partial charge in [-0.25, -0.2) is 0 Å². The molecule has 60 heavy (non-hydrogen) atoms. The van der Waals surface area contributed by atoms with Crippen molar-refractivity contribution < 1.29 is 33.1 Å². The number of ether oxygens (including phenoxy) is 2. The van der Waals surface area contributed by atoms with Crippen LogP contribution in [0, 0.1) is 23.7 Å². The second-order valence-corrected chi connectivity index (χ2v) is 16.9. The van der Waals surface area contributed by atoms with Gasteiger partial charge in [0.1, 0.15) is 12.1 Å². The maximum absolute atomic E-state index is 14.4. The zero-order chi connectivity index (χ0) is 44.1. The molecule has 4 amide bonds. The summed E-state index contributed by atoms with van der Waals surface area (Å²) < 4.78 is 18.3. The summed E-state index contributed by atoms with van der Waals surface area (Å²) >= 11 is 0. The molecule has 1 aromatic heterocycles. The van der Waals surface area contributed by atoms with Crippen molar-refractivity contribution in [2.45, 2.75) is 123 Å². The van der Waals surface area contributed by atoms with E-state index in [-0.39, 0.29) is 59.7 Å². The number of likely N-dealkylation sites (tertiary alicyclic amines) is 1. The predicted molar refractivity (Wildman–Crippen MR) is 231 cm³/mol. The molecule has 3 N–H and O–H groups in total. The summed E-state index contributed by atoms with van der Waals surface area (Å²) in [6, 6.07) is 16.6. The predicted octanol–water partition coefficient (Wildman–Crippen LogP) is 5.44. The first kappa shape index (κ1) is 48.0. The van der Waals surface area contributed by atoms with E-state index in [2.05, 4.69) is 26.1 Å². The number of likely N-dealkylation sites (N-methyl/N-ethyl adjacent to an activating group) is 2. The number of hydrogen-bond acceptors (Lipinski definition) is 10. The summed E-state index contributed by atoms with van der Waals surface area (Å²) in [6.07, 6.45) is 1.33. The van der Waals surface area contributed by atoms with E-state index >= 15 is 0 Å². The zero-order valence-electron chi connectivity index (χ0n) is 37.5. The van der Waals surface area contributed by atoms with Gasteiger partial charge in [0.25, 0.3) is 0 Å². The van der Waals surface area contributed by atoms with E-state index in [9.17, 15) is 19.2 Å². The maximum Gasteiger partial charge on any atom is 0.247 e. The van der Waals surface area contributed by atoms with Gasteiger partial charge in [0.2, 0.25) is 35.4 Å². The van der Waals surface area contributed by atoms with Gasteiger partial charge >= 0.3 is 0 Å². The van der Waals surface area contributed by atoms with E-state index in [0.29, 0.717) is 25.3 Å². The summed E-state index contributed by atoms with van der Waals surface area (Å²) in [7, 11) is 6.61. The molecule has 0 saturated carbocycles. The molecule has 0 spiro atoms. The SMILES string of the molecule is CCC(C)C(C(CC(=O)N1CCCC1C(OC)C(C)C(=O)NC(Cc1ccccc1)c1nnc(-c2ccccc2)o1)OC)N(C)C(=O)C(NC(=O)C(NC)C(C)C)C(C)C. The minimum absolute atomic E-state index is 0.0184. The number of benzene rings is 2. The molecule has 14 nitrogen and oxygen atoms in total. The largest absolute Gasteiger partial charge is 0.418 e. The van der Waals surface area contributed by atoms with Gasteiger partial charge in [0, 0.05) is 39.8 Å². The van der Waals surface area contributed by atoms with Crippen molar-refractivity contribution in [2.24, 2.45) is 23.7 Å². The highest BCUT2D eigenvalue weighted by Crippen LogP contribution is 2.31. The molecule has 0 bridgehead atoms. The Morgan fingerprint density at radius 2 is 1.50 bits per heavy atom. The number of nitrogens with zero attached hydrogens (tertiary/aromatic N) is 4. The fourth-order valence-corrected chi connectivity index (χ4v) is 8.48. The highest BCUT2D eigenvalue weighted by molar-refractivity contribution is 5.90. The molecule has 2 heterocycles. The first-order chi connectivity index (χ1) is 28.7. The van der Waals surface area contributed by atoms with Crippen molar-refractivity contribution in [3.8, 4) is 11.5 Å². The average Bonchev–Trinajstić information content (AvgIpc) is 3.94. The van der Waals surface area contributed by atoms with Gasteiger partial charge in [-0.3, -0.25) is 19.2 Å². The summed E-state index contributed by atoms with van der Waals surface area (Å²) in [4.78, 5) is 59.6. The van der Waals surface area contributed by atoms with Crippen LogP contribution >= 0.6 is 0 Å². The number of rotatable bonds is 22. The third-order valence-electron chi connectivity index (χ3n) is 12.1. The number of amides is 4. The van der Waals surface area contributed by atoms with Crippen LogP contribution in [0.25, 0.3) is 11.5 Å². The lowest BCUT2D eigenvalue weighted by molar-refractivity contribution is -0.147. The van der Waals surface area contributed by atoms with Crippen molar-refractivity contribution in [3.05, 3.63) is 72.1 Å². The second kappa shape index (κ2) is 22.8. The topological polar surface area (TPSA) is 168 Å². The van der Waals surface area contributed by atoms with Gasteiger partial charge in [-0.1, -0.05) is 103 Å². The smallest absolute Gasteiger partial charge is 0.247 e. The van der Waals surface area contributed by atoms with E-state index in [1.165, 1.54) is 0 Å². The van der Waals surface area contributed by atoms with Crippen molar-refractivity contribution in [1.29, 1.82) is 0 Å². The van der Waals surface area contributed by atoms with Crippen LogP contribution in [-0.2, 0) is 35.1 Å². The standard InChI is InChI=1S/C46H69N7O7/c1-12-30(6)40(52(9)46(57)39(29(4)5)49-43(56)38(47-8)28(2)3)36(58-10)27-37(54)53-25-19-24-35(53)41(59-11)31(7)42(55)48-34(26-32-20-15-13-16-21-32)45-51-50-44(60-45)33-22-17-14-18-23-33/h13-18,20-23,28-31,34-36,38-41,47H,12,19,24-27H2,1-11H3,(H,48,55)(H,49,56). The molecule has 1 aliphatic heterocycles. The zero-order valence-corrected chi connectivity index (χ0v) is 37.5. The van der Waals surface area contributed by atoms with Crippen molar-refractivity contribution in [2.75, 3.05) is 34.9 Å². The van der Waals surface area contributed by atoms with E-state index in [4.69, 9.17) is 13.9 Å². The van der Waals surface area contributed by atoms with Crippen LogP contribution < -0.4 is 16.0 Å². The third kappa shape index (κ3) is 12.0. The fourth-order valence-electron chi connectivity index (χ4n) is 8.48. The van der Waals surface area contributed by atoms with Crippen LogP contribution in [0.3, 0.4) is 0 Å². The molecule has 1 aliphatic rings. The van der Waals surface area contributed by atoms with Crippen LogP contribution in [0.4, 0.5) is 0 Å². The Morgan fingerprint density at radius 3 is 2.07 bits per heavy atom. The molecule has 9 unspecified atom stereocenters. The van der Waals surface area contributed by atoms with Crippen LogP contribution in [0.5, 0.6) is 0 Å². The van der Waals surface area contributed by atoms with Gasteiger partial charge < -0.3 is 39.6 Å². The fraction of sp³-hybridized carbons (Fsp3) is 0.609. The van der Waals surface area contributed by atoms with Crippen LogP contribution in [0.15, 0.2) is 65.1 Å². The molecule has 0 radical (unpaired) electrons. The lowest BCUT2D eigenvalue weighted by Crippen LogP contribution is -2.59. The molecule has 1 fully saturated rings. The molecule has 1 saturated heterocycles. The highest BCUT2D eigenvalue weighted by Gasteiger charge is 2.43. The maximum atomic E-state index is 14.4. The van der Waals surface area contributed by atoms with Crippen LogP contribution in [0.1, 0.15) is 91.6 Å². The molecular formula is C46H69N7O7. The van der Waals surface area contributed by atoms with Gasteiger partial charge in [-0.05, 0) is 55.3 Å². The Kier molecular flexibility index (Phi) is 18.2. The quantitative estimate of drug-likeness (QED) is 0.119. The third-order valence-corrected chi connectivity index (χ3v) is 12.1. The Morgan fingerprint density at radius 1 is 0.867 bits per heavy atom. The van der Waals surface area contributed by atoms with Crippen molar-refractivity contribution >= 4 is 23.6 Å². The number of carbonyl (C=O) groups excluding carboxylic acids is 4. The molecule has 3 aromatic rings. The minimum Gasteiger partial charge on any atom is -0.418 e. The summed E-state index contributed by atoms with van der Waals surface area (Å²) in [5, 5.41) is 17.8. The molecular weight excluding hydrogens is 763 g/mol. The van der Waals surface area contributed by atoms with E-state index in [0.717, 1.165) is 24.0 Å². The first-order valence-corrected chi connectivity index (χ1v) is 21.5. The molecule has 330 valence electrons. The Hall–Kier alpha value is -4.66. The Labute approximate surface area is 356 Å². The average molecular weight is 832 g/mol. The summed E-state index contributed by atoms with van der Waals surface area (Å²) in [5.41, 5.74) is 1.76.